The number of likely N-dealkylation sites (tertiary alicyclic amines) is 1. The number of halogens is 1. The molecular weight excluding hydrogens is 468 g/mol. The molecule has 5 rings (SSSR count). The van der Waals surface area contributed by atoms with Crippen molar-refractivity contribution >= 4 is 40.7 Å². The Morgan fingerprint density at radius 1 is 1.11 bits per heavy atom. The number of H-pyrrole nitrogens is 1. The maximum Gasteiger partial charge on any atom is 0.290 e. The van der Waals surface area contributed by atoms with Crippen LogP contribution in [0.4, 0.5) is 5.69 Å². The summed E-state index contributed by atoms with van der Waals surface area (Å²) in [4.78, 5) is 33.8. The minimum absolute atomic E-state index is 0.154. The molecule has 1 amide bonds. The highest BCUT2D eigenvalue weighted by atomic mass is 35.5. The van der Waals surface area contributed by atoms with Gasteiger partial charge in [0.1, 0.15) is 11.6 Å². The molecule has 35 heavy (non-hydrogen) atoms. The predicted octanol–water partition coefficient (Wildman–Crippen LogP) is 4.82. The van der Waals surface area contributed by atoms with Gasteiger partial charge in [-0.3, -0.25) is 9.59 Å². The van der Waals surface area contributed by atoms with Crippen LogP contribution in [0.2, 0.25) is 5.02 Å². The molecule has 0 radical (unpaired) electrons. The zero-order chi connectivity index (χ0) is 24.8. The van der Waals surface area contributed by atoms with Crippen molar-refractivity contribution in [1.82, 2.24) is 14.9 Å². The number of hydrogen-bond acceptors (Lipinski definition) is 5. The Hall–Kier alpha value is -3.26. The fraction of sp³-hybridized carbons (Fsp3) is 0.423. The standard InChI is InChI=1S/C25H29ClN4O2.CH2O2/c1-32-19-6-8-22-23(16-19)28-24(27-22)20-15-18(5-7-21(20)26)29-13-9-17(10-14-29)25(31)30-11-3-2-4-12-30;2-1-3/h5-8,15-17H,2-4,9-14H2,1H3,(H,27,28);1H,(H,2,3). The lowest BCUT2D eigenvalue weighted by molar-refractivity contribution is -0.137. The first-order valence-corrected chi connectivity index (χ1v) is 12.4. The number of nitrogens with one attached hydrogen (secondary N) is 1. The van der Waals surface area contributed by atoms with Gasteiger partial charge >= 0.3 is 0 Å². The van der Waals surface area contributed by atoms with Crippen LogP contribution in [0.3, 0.4) is 0 Å². The molecule has 0 spiro atoms. The molecule has 0 bridgehead atoms. The summed E-state index contributed by atoms with van der Waals surface area (Å²) in [5.74, 6) is 2.05. The summed E-state index contributed by atoms with van der Waals surface area (Å²) in [6.45, 7) is 3.37. The van der Waals surface area contributed by atoms with E-state index in [1.807, 2.05) is 24.3 Å². The van der Waals surface area contributed by atoms with E-state index in [9.17, 15) is 4.79 Å². The Morgan fingerprint density at radius 2 is 1.83 bits per heavy atom. The molecule has 2 aliphatic rings. The molecule has 1 aromatic heterocycles. The van der Waals surface area contributed by atoms with Gasteiger partial charge in [0.2, 0.25) is 5.91 Å². The van der Waals surface area contributed by atoms with E-state index in [0.717, 1.165) is 85.7 Å². The van der Waals surface area contributed by atoms with Gasteiger partial charge in [-0.2, -0.15) is 0 Å². The van der Waals surface area contributed by atoms with Crippen molar-refractivity contribution in [3.63, 3.8) is 0 Å². The third-order valence-corrected chi connectivity index (χ3v) is 7.10. The van der Waals surface area contributed by atoms with Crippen LogP contribution < -0.4 is 9.64 Å². The van der Waals surface area contributed by atoms with Gasteiger partial charge in [-0.1, -0.05) is 11.6 Å². The lowest BCUT2D eigenvalue weighted by Gasteiger charge is -2.36. The fourth-order valence-electron chi connectivity index (χ4n) is 4.89. The average molecular weight is 499 g/mol. The smallest absolute Gasteiger partial charge is 0.290 e. The third kappa shape index (κ3) is 5.70. The molecule has 2 N–H and O–H groups in total. The molecular formula is C26H31ClN4O4. The number of ether oxygens (including phenoxy) is 1. The van der Waals surface area contributed by atoms with Crippen molar-refractivity contribution < 1.29 is 19.4 Å². The predicted molar refractivity (Wildman–Crippen MR) is 137 cm³/mol. The lowest BCUT2D eigenvalue weighted by Crippen LogP contribution is -2.44. The molecule has 9 heteroatoms. The Kier molecular flexibility index (Phi) is 8.13. The lowest BCUT2D eigenvalue weighted by atomic mass is 9.94. The van der Waals surface area contributed by atoms with E-state index in [-0.39, 0.29) is 12.4 Å². The van der Waals surface area contributed by atoms with Gasteiger partial charge in [-0.25, -0.2) is 4.98 Å². The maximum atomic E-state index is 12.9. The summed E-state index contributed by atoms with van der Waals surface area (Å²) < 4.78 is 5.32. The Labute approximate surface area is 209 Å². The number of aromatic amines is 1. The first-order chi connectivity index (χ1) is 17.0. The number of carbonyl (C=O) groups excluding carboxylic acids is 1. The van der Waals surface area contributed by atoms with Crippen molar-refractivity contribution in [2.45, 2.75) is 32.1 Å². The molecule has 0 unspecified atom stereocenters. The zero-order valence-electron chi connectivity index (χ0n) is 19.9. The van der Waals surface area contributed by atoms with Crippen LogP contribution in [0, 0.1) is 5.92 Å². The highest BCUT2D eigenvalue weighted by Gasteiger charge is 2.29. The molecule has 2 aliphatic heterocycles. The van der Waals surface area contributed by atoms with Gasteiger partial charge in [-0.15, -0.1) is 0 Å². The number of methoxy groups -OCH3 is 1. The van der Waals surface area contributed by atoms with Gasteiger partial charge in [0.25, 0.3) is 6.47 Å². The minimum Gasteiger partial charge on any atom is -0.497 e. The van der Waals surface area contributed by atoms with Crippen molar-refractivity contribution in [2.24, 2.45) is 5.92 Å². The van der Waals surface area contributed by atoms with E-state index in [1.165, 1.54) is 6.42 Å². The Bertz CT molecular complexity index is 1170. The first kappa shape index (κ1) is 24.9. The van der Waals surface area contributed by atoms with Gasteiger partial charge in [0, 0.05) is 49.4 Å². The van der Waals surface area contributed by atoms with Crippen LogP contribution in [0.5, 0.6) is 5.75 Å². The molecule has 0 atom stereocenters. The number of anilines is 1. The number of benzene rings is 2. The molecule has 2 aromatic carbocycles. The number of rotatable bonds is 4. The SMILES string of the molecule is COc1ccc2nc(-c3cc(N4CCC(C(=O)N5CCCCC5)CC4)ccc3Cl)[nH]c2c1.O=CO. The van der Waals surface area contributed by atoms with E-state index in [4.69, 9.17) is 31.2 Å². The van der Waals surface area contributed by atoms with Crippen molar-refractivity contribution in [3.05, 3.63) is 41.4 Å². The Balaban J connectivity index is 0.000000917. The largest absolute Gasteiger partial charge is 0.497 e. The molecule has 186 valence electrons. The van der Waals surface area contributed by atoms with Crippen LogP contribution in [0.15, 0.2) is 36.4 Å². The van der Waals surface area contributed by atoms with Crippen molar-refractivity contribution in [1.29, 1.82) is 0 Å². The number of nitrogens with zero attached hydrogens (tertiary/aromatic N) is 3. The van der Waals surface area contributed by atoms with Crippen LogP contribution >= 0.6 is 11.6 Å². The zero-order valence-corrected chi connectivity index (χ0v) is 20.6. The maximum absolute atomic E-state index is 12.9. The first-order valence-electron chi connectivity index (χ1n) is 12.0. The number of hydrogen-bond donors (Lipinski definition) is 2. The monoisotopic (exact) mass is 498 g/mol. The Morgan fingerprint density at radius 3 is 2.51 bits per heavy atom. The molecule has 0 saturated carbocycles. The quantitative estimate of drug-likeness (QED) is 0.500. The summed E-state index contributed by atoms with van der Waals surface area (Å²) in [6, 6.07) is 11.9. The van der Waals surface area contributed by atoms with E-state index in [0.29, 0.717) is 10.9 Å². The van der Waals surface area contributed by atoms with Crippen LogP contribution in [0.1, 0.15) is 32.1 Å². The number of piperidine rings is 2. The van der Waals surface area contributed by atoms with Gasteiger partial charge in [0.05, 0.1) is 23.2 Å². The number of imidazole rings is 1. The molecule has 3 aromatic rings. The van der Waals surface area contributed by atoms with Gasteiger partial charge in [0.15, 0.2) is 0 Å². The van der Waals surface area contributed by atoms with E-state index in [2.05, 4.69) is 26.9 Å². The summed E-state index contributed by atoms with van der Waals surface area (Å²) >= 11 is 6.55. The van der Waals surface area contributed by atoms with Crippen LogP contribution in [0.25, 0.3) is 22.4 Å². The number of aromatic nitrogens is 2. The normalized spacial score (nSPS) is 16.5. The topological polar surface area (TPSA) is 98.8 Å². The highest BCUT2D eigenvalue weighted by molar-refractivity contribution is 6.33. The minimum atomic E-state index is -0.250. The number of fused-ring (bicyclic) bond motifs is 1. The van der Waals surface area contributed by atoms with Crippen LogP contribution in [-0.4, -0.2) is 65.6 Å². The van der Waals surface area contributed by atoms with Crippen LogP contribution in [-0.2, 0) is 9.59 Å². The van der Waals surface area contributed by atoms with Gasteiger partial charge in [-0.05, 0) is 62.4 Å². The van der Waals surface area contributed by atoms with E-state index >= 15 is 0 Å². The summed E-state index contributed by atoms with van der Waals surface area (Å²) in [5.41, 5.74) is 3.79. The molecule has 8 nitrogen and oxygen atoms in total. The molecule has 3 heterocycles. The number of carboxylic acid groups (broad SMARTS) is 1. The average Bonchev–Trinajstić information content (AvgIpc) is 3.33. The fourth-order valence-corrected chi connectivity index (χ4v) is 5.10. The van der Waals surface area contributed by atoms with Crippen molar-refractivity contribution in [3.8, 4) is 17.1 Å². The summed E-state index contributed by atoms with van der Waals surface area (Å²) in [6.07, 6.45) is 5.34. The van der Waals surface area contributed by atoms with Gasteiger partial charge < -0.3 is 24.6 Å². The third-order valence-electron chi connectivity index (χ3n) is 6.77. The molecule has 0 aliphatic carbocycles. The molecule has 2 saturated heterocycles. The second-order valence-electron chi connectivity index (χ2n) is 8.89. The van der Waals surface area contributed by atoms with Crippen molar-refractivity contribution in [2.75, 3.05) is 38.2 Å². The molecule has 2 fully saturated rings. The highest BCUT2D eigenvalue weighted by Crippen LogP contribution is 2.34. The number of amides is 1. The van der Waals surface area contributed by atoms with E-state index < -0.39 is 0 Å². The second kappa shape index (κ2) is 11.4. The van der Waals surface area contributed by atoms with E-state index in [1.54, 1.807) is 7.11 Å². The second-order valence-corrected chi connectivity index (χ2v) is 9.29. The summed E-state index contributed by atoms with van der Waals surface area (Å²) in [7, 11) is 1.65. The number of carbonyl (C=O) groups is 2. The summed E-state index contributed by atoms with van der Waals surface area (Å²) in [5, 5.41) is 7.55.